The van der Waals surface area contributed by atoms with Gasteiger partial charge in [0.25, 0.3) is 5.91 Å². The van der Waals surface area contributed by atoms with Crippen molar-refractivity contribution in [3.05, 3.63) is 84.4 Å². The van der Waals surface area contributed by atoms with E-state index in [9.17, 15) is 4.79 Å². The van der Waals surface area contributed by atoms with Crippen molar-refractivity contribution in [1.82, 2.24) is 5.32 Å². The summed E-state index contributed by atoms with van der Waals surface area (Å²) >= 11 is 0. The second-order valence-electron chi connectivity index (χ2n) is 3.96. The fraction of sp³-hybridized carbons (Fsp3) is 0.0625. The Balaban J connectivity index is 2.13. The lowest BCUT2D eigenvalue weighted by Crippen LogP contribution is -2.27. The number of carbonyl (C=O) groups is 1. The Kier molecular flexibility index (Phi) is 3.92. The minimum Gasteiger partial charge on any atom is -0.342 e. The lowest BCUT2D eigenvalue weighted by molar-refractivity contribution is 0.0944. The van der Waals surface area contributed by atoms with Crippen molar-refractivity contribution < 1.29 is 4.79 Å². The van der Waals surface area contributed by atoms with E-state index in [1.807, 2.05) is 48.5 Å². The number of benzene rings is 2. The van der Waals surface area contributed by atoms with Crippen molar-refractivity contribution in [2.24, 2.45) is 0 Å². The summed E-state index contributed by atoms with van der Waals surface area (Å²) in [6.45, 7) is 3.77. The maximum atomic E-state index is 12.0. The summed E-state index contributed by atoms with van der Waals surface area (Å²) in [7, 11) is 0. The van der Waals surface area contributed by atoms with Crippen molar-refractivity contribution in [2.45, 2.75) is 6.04 Å². The molecule has 0 aromatic heterocycles. The summed E-state index contributed by atoms with van der Waals surface area (Å²) in [5.41, 5.74) is 1.68. The Morgan fingerprint density at radius 1 is 1.00 bits per heavy atom. The van der Waals surface area contributed by atoms with Crippen molar-refractivity contribution in [3.63, 3.8) is 0 Å². The lowest BCUT2D eigenvalue weighted by Gasteiger charge is -2.15. The molecule has 0 spiro atoms. The van der Waals surface area contributed by atoms with E-state index in [0.29, 0.717) is 5.56 Å². The molecule has 0 aliphatic heterocycles. The van der Waals surface area contributed by atoms with Crippen LogP contribution >= 0.6 is 0 Å². The topological polar surface area (TPSA) is 29.1 Å². The summed E-state index contributed by atoms with van der Waals surface area (Å²) in [6, 6.07) is 18.8. The monoisotopic (exact) mass is 237 g/mol. The van der Waals surface area contributed by atoms with E-state index < -0.39 is 0 Å². The quantitative estimate of drug-likeness (QED) is 0.812. The minimum atomic E-state index is -0.168. The van der Waals surface area contributed by atoms with E-state index in [1.54, 1.807) is 18.2 Å². The first-order chi connectivity index (χ1) is 8.81. The van der Waals surface area contributed by atoms with Crippen LogP contribution in [0.3, 0.4) is 0 Å². The first-order valence-corrected chi connectivity index (χ1v) is 5.84. The third kappa shape index (κ3) is 2.86. The number of carbonyl (C=O) groups excluding carboxylic acids is 1. The van der Waals surface area contributed by atoms with Gasteiger partial charge in [0.2, 0.25) is 0 Å². The van der Waals surface area contributed by atoms with Crippen LogP contribution in [0.4, 0.5) is 0 Å². The predicted octanol–water partition coefficient (Wildman–Crippen LogP) is 3.34. The molecule has 0 radical (unpaired) electrons. The zero-order valence-electron chi connectivity index (χ0n) is 10.0. The lowest BCUT2D eigenvalue weighted by atomic mass is 10.1. The normalized spacial score (nSPS) is 11.6. The van der Waals surface area contributed by atoms with Crippen LogP contribution in [0.2, 0.25) is 0 Å². The minimum absolute atomic E-state index is 0.0932. The Hall–Kier alpha value is -2.35. The zero-order valence-corrected chi connectivity index (χ0v) is 10.0. The standard InChI is InChI=1S/C16H15NO/c1-2-15(13-9-5-3-6-10-13)17-16(18)14-11-7-4-8-12-14/h2-12,15H,1H2,(H,17,18). The molecule has 0 aliphatic carbocycles. The first kappa shape index (κ1) is 12.1. The molecular weight excluding hydrogens is 222 g/mol. The summed E-state index contributed by atoms with van der Waals surface area (Å²) in [6.07, 6.45) is 1.73. The van der Waals surface area contributed by atoms with Gasteiger partial charge in [-0.1, -0.05) is 54.6 Å². The number of amides is 1. The molecule has 1 unspecified atom stereocenters. The maximum absolute atomic E-state index is 12.0. The molecular formula is C16H15NO. The Labute approximate surface area is 107 Å². The summed E-state index contributed by atoms with van der Waals surface area (Å²) in [5, 5.41) is 2.94. The SMILES string of the molecule is C=CC(NC(=O)c1ccccc1)c1ccccc1. The highest BCUT2D eigenvalue weighted by atomic mass is 16.1. The smallest absolute Gasteiger partial charge is 0.252 e. The number of hydrogen-bond acceptors (Lipinski definition) is 1. The third-order valence-electron chi connectivity index (χ3n) is 2.72. The van der Waals surface area contributed by atoms with Crippen LogP contribution in [0.5, 0.6) is 0 Å². The Morgan fingerprint density at radius 2 is 1.56 bits per heavy atom. The molecule has 90 valence electrons. The second-order valence-corrected chi connectivity index (χ2v) is 3.96. The van der Waals surface area contributed by atoms with Crippen LogP contribution in [0.1, 0.15) is 22.0 Å². The number of nitrogens with one attached hydrogen (secondary N) is 1. The van der Waals surface area contributed by atoms with Crippen LogP contribution in [0.15, 0.2) is 73.3 Å². The predicted molar refractivity (Wildman–Crippen MR) is 73.3 cm³/mol. The highest BCUT2D eigenvalue weighted by Gasteiger charge is 2.11. The Bertz CT molecular complexity index is 519. The van der Waals surface area contributed by atoms with Gasteiger partial charge in [0.05, 0.1) is 6.04 Å². The molecule has 2 aromatic carbocycles. The van der Waals surface area contributed by atoms with Gasteiger partial charge in [0, 0.05) is 5.56 Å². The molecule has 1 amide bonds. The van der Waals surface area contributed by atoms with Crippen LogP contribution < -0.4 is 5.32 Å². The first-order valence-electron chi connectivity index (χ1n) is 5.84. The number of rotatable bonds is 4. The second kappa shape index (κ2) is 5.82. The molecule has 0 aliphatic rings. The van der Waals surface area contributed by atoms with Crippen molar-refractivity contribution in [2.75, 3.05) is 0 Å². The molecule has 0 saturated heterocycles. The molecule has 0 bridgehead atoms. The molecule has 2 aromatic rings. The molecule has 1 N–H and O–H groups in total. The average Bonchev–Trinajstić information content (AvgIpc) is 2.46. The molecule has 0 fully saturated rings. The van der Waals surface area contributed by atoms with Gasteiger partial charge in [0.1, 0.15) is 0 Å². The van der Waals surface area contributed by atoms with Gasteiger partial charge in [-0.15, -0.1) is 6.58 Å². The van der Waals surface area contributed by atoms with E-state index in [2.05, 4.69) is 11.9 Å². The highest BCUT2D eigenvalue weighted by molar-refractivity contribution is 5.94. The number of hydrogen-bond donors (Lipinski definition) is 1. The van der Waals surface area contributed by atoms with Gasteiger partial charge in [0.15, 0.2) is 0 Å². The van der Waals surface area contributed by atoms with Gasteiger partial charge in [-0.2, -0.15) is 0 Å². The van der Waals surface area contributed by atoms with Crippen molar-refractivity contribution >= 4 is 5.91 Å². The fourth-order valence-corrected chi connectivity index (χ4v) is 1.75. The zero-order chi connectivity index (χ0) is 12.8. The van der Waals surface area contributed by atoms with Crippen LogP contribution in [-0.2, 0) is 0 Å². The fourth-order valence-electron chi connectivity index (χ4n) is 1.75. The molecule has 0 saturated carbocycles. The van der Waals surface area contributed by atoms with E-state index in [1.165, 1.54) is 0 Å². The van der Waals surface area contributed by atoms with Gasteiger partial charge in [-0.3, -0.25) is 4.79 Å². The van der Waals surface area contributed by atoms with Crippen molar-refractivity contribution in [1.29, 1.82) is 0 Å². The average molecular weight is 237 g/mol. The molecule has 2 rings (SSSR count). The van der Waals surface area contributed by atoms with Gasteiger partial charge >= 0.3 is 0 Å². The van der Waals surface area contributed by atoms with Gasteiger partial charge in [-0.05, 0) is 17.7 Å². The molecule has 0 heterocycles. The van der Waals surface area contributed by atoms with Crippen molar-refractivity contribution in [3.8, 4) is 0 Å². The highest BCUT2D eigenvalue weighted by Crippen LogP contribution is 2.14. The molecule has 18 heavy (non-hydrogen) atoms. The summed E-state index contributed by atoms with van der Waals surface area (Å²) in [5.74, 6) is -0.0932. The van der Waals surface area contributed by atoms with Gasteiger partial charge in [-0.25, -0.2) is 0 Å². The maximum Gasteiger partial charge on any atom is 0.252 e. The summed E-state index contributed by atoms with van der Waals surface area (Å²) in [4.78, 5) is 12.0. The molecule has 1 atom stereocenters. The van der Waals surface area contributed by atoms with Gasteiger partial charge < -0.3 is 5.32 Å². The van der Waals surface area contributed by atoms with E-state index in [-0.39, 0.29) is 11.9 Å². The van der Waals surface area contributed by atoms with E-state index >= 15 is 0 Å². The third-order valence-corrected chi connectivity index (χ3v) is 2.72. The van der Waals surface area contributed by atoms with E-state index in [4.69, 9.17) is 0 Å². The van der Waals surface area contributed by atoms with Crippen LogP contribution in [-0.4, -0.2) is 5.91 Å². The largest absolute Gasteiger partial charge is 0.342 e. The summed E-state index contributed by atoms with van der Waals surface area (Å²) < 4.78 is 0. The van der Waals surface area contributed by atoms with E-state index in [0.717, 1.165) is 5.56 Å². The molecule has 2 nitrogen and oxygen atoms in total. The van der Waals surface area contributed by atoms with Crippen LogP contribution in [0.25, 0.3) is 0 Å². The molecule has 2 heteroatoms. The van der Waals surface area contributed by atoms with Crippen LogP contribution in [0, 0.1) is 0 Å². The Morgan fingerprint density at radius 3 is 2.11 bits per heavy atom.